The first-order valence-electron chi connectivity index (χ1n) is 5.41. The molecule has 2 aromatic heterocycles. The molecule has 0 saturated heterocycles. The van der Waals surface area contributed by atoms with Gasteiger partial charge in [-0.1, -0.05) is 6.92 Å². The lowest BCUT2D eigenvalue weighted by atomic mass is 10.1. The fourth-order valence-corrected chi connectivity index (χ4v) is 1.69. The normalized spacial score (nSPS) is 12.9. The number of nitrogens with one attached hydrogen (secondary N) is 1. The van der Waals surface area contributed by atoms with Crippen molar-refractivity contribution in [3.8, 4) is 0 Å². The molecule has 6 nitrogen and oxygen atoms in total. The van der Waals surface area contributed by atoms with Gasteiger partial charge in [0.15, 0.2) is 0 Å². The predicted octanol–water partition coefficient (Wildman–Crippen LogP) is 0.654. The standard InChI is InChI=1S/C10H16N6/c1-2-3-16-7-14-15-10(16)9(11)4-8-5-12-6-13-8/h5-7,9H,2-4,11H2,1H3,(H,12,13). The Kier molecular flexibility index (Phi) is 3.31. The molecule has 2 heterocycles. The maximum atomic E-state index is 6.09. The van der Waals surface area contributed by atoms with Crippen molar-refractivity contribution in [2.75, 3.05) is 0 Å². The summed E-state index contributed by atoms with van der Waals surface area (Å²) in [4.78, 5) is 6.99. The molecular formula is C10H16N6. The van der Waals surface area contributed by atoms with Crippen LogP contribution in [-0.2, 0) is 13.0 Å². The molecule has 0 aliphatic carbocycles. The van der Waals surface area contributed by atoms with Gasteiger partial charge in [-0.05, 0) is 6.42 Å². The van der Waals surface area contributed by atoms with Gasteiger partial charge in [0.05, 0.1) is 12.4 Å². The van der Waals surface area contributed by atoms with Crippen molar-refractivity contribution in [3.05, 3.63) is 30.4 Å². The van der Waals surface area contributed by atoms with Crippen LogP contribution < -0.4 is 5.73 Å². The highest BCUT2D eigenvalue weighted by Crippen LogP contribution is 2.12. The molecule has 0 aliphatic rings. The van der Waals surface area contributed by atoms with Gasteiger partial charge in [0.25, 0.3) is 0 Å². The first-order valence-corrected chi connectivity index (χ1v) is 5.41. The minimum absolute atomic E-state index is 0.144. The van der Waals surface area contributed by atoms with Crippen LogP contribution in [0.4, 0.5) is 0 Å². The second-order valence-electron chi connectivity index (χ2n) is 3.77. The minimum Gasteiger partial charge on any atom is -0.348 e. The Morgan fingerprint density at radius 2 is 2.44 bits per heavy atom. The van der Waals surface area contributed by atoms with Gasteiger partial charge in [-0.3, -0.25) is 0 Å². The van der Waals surface area contributed by atoms with E-state index in [0.717, 1.165) is 24.5 Å². The number of nitrogens with zero attached hydrogens (tertiary/aromatic N) is 4. The molecule has 0 aliphatic heterocycles. The van der Waals surface area contributed by atoms with Crippen LogP contribution in [0.2, 0.25) is 0 Å². The fraction of sp³-hybridized carbons (Fsp3) is 0.500. The largest absolute Gasteiger partial charge is 0.348 e. The average Bonchev–Trinajstić information content (AvgIpc) is 2.89. The molecule has 1 atom stereocenters. The fourth-order valence-electron chi connectivity index (χ4n) is 1.69. The van der Waals surface area contributed by atoms with E-state index < -0.39 is 0 Å². The van der Waals surface area contributed by atoms with E-state index in [-0.39, 0.29) is 6.04 Å². The van der Waals surface area contributed by atoms with Gasteiger partial charge in [-0.2, -0.15) is 0 Å². The number of hydrogen-bond acceptors (Lipinski definition) is 4. The maximum absolute atomic E-state index is 6.09. The molecule has 86 valence electrons. The molecule has 3 N–H and O–H groups in total. The maximum Gasteiger partial charge on any atom is 0.150 e. The van der Waals surface area contributed by atoms with Crippen LogP contribution >= 0.6 is 0 Å². The van der Waals surface area contributed by atoms with Crippen LogP contribution in [-0.4, -0.2) is 24.7 Å². The molecule has 0 fully saturated rings. The number of hydrogen-bond donors (Lipinski definition) is 2. The number of aromatic nitrogens is 5. The zero-order chi connectivity index (χ0) is 11.4. The van der Waals surface area contributed by atoms with Crippen LogP contribution in [0, 0.1) is 0 Å². The second kappa shape index (κ2) is 4.89. The molecule has 16 heavy (non-hydrogen) atoms. The molecule has 0 amide bonds. The van der Waals surface area contributed by atoms with Crippen molar-refractivity contribution in [2.24, 2.45) is 5.73 Å². The molecular weight excluding hydrogens is 204 g/mol. The molecule has 0 spiro atoms. The molecule has 2 aromatic rings. The third-order valence-corrected chi connectivity index (χ3v) is 2.44. The van der Waals surface area contributed by atoms with E-state index in [1.807, 2.05) is 4.57 Å². The highest BCUT2D eigenvalue weighted by atomic mass is 15.3. The first kappa shape index (κ1) is 10.8. The van der Waals surface area contributed by atoms with Crippen LogP contribution in [0.25, 0.3) is 0 Å². The Labute approximate surface area is 93.9 Å². The molecule has 0 aromatic carbocycles. The first-order chi connectivity index (χ1) is 7.81. The minimum atomic E-state index is -0.144. The van der Waals surface area contributed by atoms with Crippen LogP contribution in [0.3, 0.4) is 0 Å². The van der Waals surface area contributed by atoms with E-state index in [4.69, 9.17) is 5.73 Å². The SMILES string of the molecule is CCCn1cnnc1C(N)Cc1cnc[nH]1. The molecule has 0 radical (unpaired) electrons. The Bertz CT molecular complexity index is 418. The Hall–Kier alpha value is -1.69. The summed E-state index contributed by atoms with van der Waals surface area (Å²) < 4.78 is 2.00. The lowest BCUT2D eigenvalue weighted by Crippen LogP contribution is -2.19. The number of H-pyrrole nitrogens is 1. The van der Waals surface area contributed by atoms with E-state index in [2.05, 4.69) is 27.1 Å². The van der Waals surface area contributed by atoms with E-state index in [9.17, 15) is 0 Å². The molecule has 1 unspecified atom stereocenters. The number of nitrogens with two attached hydrogens (primary N) is 1. The highest BCUT2D eigenvalue weighted by molar-refractivity contribution is 5.03. The van der Waals surface area contributed by atoms with Gasteiger partial charge in [0, 0.05) is 24.9 Å². The van der Waals surface area contributed by atoms with Crippen LogP contribution in [0.15, 0.2) is 18.9 Å². The average molecular weight is 220 g/mol. The third kappa shape index (κ3) is 2.27. The van der Waals surface area contributed by atoms with E-state index in [1.165, 1.54) is 0 Å². The van der Waals surface area contributed by atoms with Gasteiger partial charge in [0.1, 0.15) is 12.2 Å². The smallest absolute Gasteiger partial charge is 0.150 e. The van der Waals surface area contributed by atoms with Crippen molar-refractivity contribution < 1.29 is 0 Å². The Balaban J connectivity index is 2.08. The summed E-state index contributed by atoms with van der Waals surface area (Å²) in [6, 6.07) is -0.144. The van der Waals surface area contributed by atoms with Crippen molar-refractivity contribution >= 4 is 0 Å². The summed E-state index contributed by atoms with van der Waals surface area (Å²) in [5, 5.41) is 7.97. The summed E-state index contributed by atoms with van der Waals surface area (Å²) in [5.41, 5.74) is 7.10. The van der Waals surface area contributed by atoms with Gasteiger partial charge >= 0.3 is 0 Å². The van der Waals surface area contributed by atoms with Gasteiger partial charge in [-0.15, -0.1) is 10.2 Å². The number of aryl methyl sites for hydroxylation is 1. The summed E-state index contributed by atoms with van der Waals surface area (Å²) >= 11 is 0. The van der Waals surface area contributed by atoms with Crippen molar-refractivity contribution in [2.45, 2.75) is 32.4 Å². The molecule has 6 heteroatoms. The summed E-state index contributed by atoms with van der Waals surface area (Å²) in [6.07, 6.45) is 6.90. The van der Waals surface area contributed by atoms with Crippen molar-refractivity contribution in [1.82, 2.24) is 24.7 Å². The zero-order valence-corrected chi connectivity index (χ0v) is 9.30. The molecule has 0 saturated carbocycles. The van der Waals surface area contributed by atoms with Gasteiger partial charge in [-0.25, -0.2) is 4.98 Å². The van der Waals surface area contributed by atoms with Gasteiger partial charge in [0.2, 0.25) is 0 Å². The predicted molar refractivity (Wildman–Crippen MR) is 59.5 cm³/mol. The zero-order valence-electron chi connectivity index (χ0n) is 9.30. The molecule has 2 rings (SSSR count). The number of rotatable bonds is 5. The summed E-state index contributed by atoms with van der Waals surface area (Å²) in [5.74, 6) is 0.830. The van der Waals surface area contributed by atoms with E-state index in [0.29, 0.717) is 6.42 Å². The summed E-state index contributed by atoms with van der Waals surface area (Å²) in [7, 11) is 0. The van der Waals surface area contributed by atoms with Crippen molar-refractivity contribution in [3.63, 3.8) is 0 Å². The Morgan fingerprint density at radius 1 is 1.56 bits per heavy atom. The van der Waals surface area contributed by atoms with E-state index >= 15 is 0 Å². The van der Waals surface area contributed by atoms with E-state index in [1.54, 1.807) is 18.9 Å². The monoisotopic (exact) mass is 220 g/mol. The van der Waals surface area contributed by atoms with Crippen LogP contribution in [0.1, 0.15) is 30.9 Å². The topological polar surface area (TPSA) is 85.4 Å². The van der Waals surface area contributed by atoms with Gasteiger partial charge < -0.3 is 15.3 Å². The van der Waals surface area contributed by atoms with Crippen molar-refractivity contribution in [1.29, 1.82) is 0 Å². The highest BCUT2D eigenvalue weighted by Gasteiger charge is 2.14. The quantitative estimate of drug-likeness (QED) is 0.774. The second-order valence-corrected chi connectivity index (χ2v) is 3.77. The number of imidazole rings is 1. The number of aromatic amines is 1. The lowest BCUT2D eigenvalue weighted by molar-refractivity contribution is 0.571. The lowest BCUT2D eigenvalue weighted by Gasteiger charge is -2.11. The summed E-state index contributed by atoms with van der Waals surface area (Å²) in [6.45, 7) is 3.02. The third-order valence-electron chi connectivity index (χ3n) is 2.44. The van der Waals surface area contributed by atoms with Crippen LogP contribution in [0.5, 0.6) is 0 Å². The molecule has 0 bridgehead atoms. The Morgan fingerprint density at radius 3 is 3.12 bits per heavy atom.